The summed E-state index contributed by atoms with van der Waals surface area (Å²) in [4.78, 5) is -0.0712. The van der Waals surface area contributed by atoms with E-state index in [4.69, 9.17) is 5.73 Å². The van der Waals surface area contributed by atoms with Gasteiger partial charge in [-0.2, -0.15) is 0 Å². The minimum absolute atomic E-state index is 0.0712. The highest BCUT2D eigenvalue weighted by atomic mass is 32.2. The first kappa shape index (κ1) is 14.6. The van der Waals surface area contributed by atoms with Crippen molar-refractivity contribution < 1.29 is 13.0 Å². The zero-order chi connectivity index (χ0) is 14.2. The van der Waals surface area contributed by atoms with Crippen LogP contribution in [0.25, 0.3) is 0 Å². The number of nitrogens with two attached hydrogens (primary N) is 1. The zero-order valence-corrected chi connectivity index (χ0v) is 12.0. The van der Waals surface area contributed by atoms with Crippen LogP contribution in [-0.4, -0.2) is 15.5 Å². The number of halogens is 2. The molecule has 0 heterocycles. The second-order valence-electron chi connectivity index (χ2n) is 5.82. The average molecular weight is 287 g/mol. The molecule has 3 unspecified atom stereocenters. The van der Waals surface area contributed by atoms with Crippen LogP contribution in [-0.2, 0) is 10.8 Å². The van der Waals surface area contributed by atoms with Crippen molar-refractivity contribution in [1.82, 2.24) is 0 Å². The van der Waals surface area contributed by atoms with Crippen molar-refractivity contribution in [3.8, 4) is 0 Å². The van der Waals surface area contributed by atoms with E-state index in [9.17, 15) is 13.0 Å². The minimum Gasteiger partial charge on any atom is -0.326 e. The molecule has 0 radical (unpaired) electrons. The first-order valence-electron chi connectivity index (χ1n) is 6.44. The average Bonchev–Trinajstić information content (AvgIpc) is 2.35. The SMILES string of the molecule is CC1(C)CCCC(S(=O)c2cc(F)ccc2F)C1N. The van der Waals surface area contributed by atoms with Gasteiger partial charge in [-0.25, -0.2) is 8.78 Å². The third-order valence-corrected chi connectivity index (χ3v) is 5.82. The van der Waals surface area contributed by atoms with Crippen molar-refractivity contribution in [3.63, 3.8) is 0 Å². The van der Waals surface area contributed by atoms with Crippen molar-refractivity contribution in [2.24, 2.45) is 11.1 Å². The number of hydrogen-bond acceptors (Lipinski definition) is 2. The summed E-state index contributed by atoms with van der Waals surface area (Å²) in [6.45, 7) is 4.06. The Hall–Kier alpha value is -0.810. The van der Waals surface area contributed by atoms with Gasteiger partial charge in [0.15, 0.2) is 0 Å². The van der Waals surface area contributed by atoms with Crippen LogP contribution in [0, 0.1) is 17.0 Å². The zero-order valence-electron chi connectivity index (χ0n) is 11.2. The molecule has 1 fully saturated rings. The molecule has 0 spiro atoms. The molecule has 3 atom stereocenters. The lowest BCUT2D eigenvalue weighted by Gasteiger charge is -2.41. The fraction of sp³-hybridized carbons (Fsp3) is 0.571. The maximum atomic E-state index is 13.7. The van der Waals surface area contributed by atoms with Gasteiger partial charge in [-0.15, -0.1) is 0 Å². The normalized spacial score (nSPS) is 28.1. The van der Waals surface area contributed by atoms with E-state index in [-0.39, 0.29) is 21.6 Å². The Labute approximate surface area is 114 Å². The molecule has 106 valence electrons. The van der Waals surface area contributed by atoms with Crippen LogP contribution in [0.1, 0.15) is 33.1 Å². The Morgan fingerprint density at radius 3 is 2.74 bits per heavy atom. The van der Waals surface area contributed by atoms with E-state index in [2.05, 4.69) is 0 Å². The van der Waals surface area contributed by atoms with Crippen LogP contribution in [0.2, 0.25) is 0 Å². The molecule has 2 nitrogen and oxygen atoms in total. The van der Waals surface area contributed by atoms with E-state index in [1.807, 2.05) is 13.8 Å². The first-order chi connectivity index (χ1) is 8.83. The maximum absolute atomic E-state index is 13.7. The van der Waals surface area contributed by atoms with Gasteiger partial charge in [0.05, 0.1) is 20.9 Å². The first-order valence-corrected chi connectivity index (χ1v) is 7.65. The third kappa shape index (κ3) is 2.87. The Morgan fingerprint density at radius 1 is 1.37 bits per heavy atom. The molecule has 0 aromatic heterocycles. The van der Waals surface area contributed by atoms with Crippen LogP contribution in [0.15, 0.2) is 23.1 Å². The molecule has 0 aliphatic heterocycles. The van der Waals surface area contributed by atoms with Crippen LogP contribution in [0.4, 0.5) is 8.78 Å². The third-order valence-electron chi connectivity index (χ3n) is 4.00. The van der Waals surface area contributed by atoms with Crippen LogP contribution in [0.3, 0.4) is 0 Å². The molecule has 1 aliphatic carbocycles. The summed E-state index contributed by atoms with van der Waals surface area (Å²) < 4.78 is 39.4. The lowest BCUT2D eigenvalue weighted by atomic mass is 9.73. The van der Waals surface area contributed by atoms with Gasteiger partial charge in [0, 0.05) is 6.04 Å². The quantitative estimate of drug-likeness (QED) is 0.908. The van der Waals surface area contributed by atoms with E-state index in [1.165, 1.54) is 0 Å². The molecule has 19 heavy (non-hydrogen) atoms. The molecule has 0 saturated heterocycles. The Balaban J connectivity index is 2.31. The van der Waals surface area contributed by atoms with Gasteiger partial charge in [0.2, 0.25) is 0 Å². The standard InChI is InChI=1S/C14H19F2NOS/c1-14(2)7-3-4-11(13(14)17)19(18)12-8-9(15)5-6-10(12)16/h5-6,8,11,13H,3-4,7,17H2,1-2H3. The second kappa shape index (κ2) is 5.29. The molecule has 2 N–H and O–H groups in total. The summed E-state index contributed by atoms with van der Waals surface area (Å²) in [6.07, 6.45) is 2.56. The monoisotopic (exact) mass is 287 g/mol. The van der Waals surface area contributed by atoms with Gasteiger partial charge in [-0.3, -0.25) is 4.21 Å². The molecule has 2 rings (SSSR count). The summed E-state index contributed by atoms with van der Waals surface area (Å²) >= 11 is 0. The summed E-state index contributed by atoms with van der Waals surface area (Å²) in [7, 11) is -1.61. The van der Waals surface area contributed by atoms with E-state index in [0.717, 1.165) is 31.0 Å². The number of benzene rings is 1. The van der Waals surface area contributed by atoms with Gasteiger partial charge in [0.25, 0.3) is 0 Å². The van der Waals surface area contributed by atoms with Crippen molar-refractivity contribution in [2.45, 2.75) is 49.3 Å². The molecular weight excluding hydrogens is 268 g/mol. The maximum Gasteiger partial charge on any atom is 0.139 e. The molecule has 1 aliphatic rings. The summed E-state index contributed by atoms with van der Waals surface area (Å²) in [5.74, 6) is -1.20. The van der Waals surface area contributed by atoms with Gasteiger partial charge in [-0.1, -0.05) is 20.3 Å². The second-order valence-corrected chi connectivity index (χ2v) is 7.46. The highest BCUT2D eigenvalue weighted by molar-refractivity contribution is 7.85. The van der Waals surface area contributed by atoms with Crippen molar-refractivity contribution in [2.75, 3.05) is 0 Å². The Bertz CT molecular complexity index is 504. The molecule has 5 heteroatoms. The topological polar surface area (TPSA) is 43.1 Å². The van der Waals surface area contributed by atoms with E-state index in [0.29, 0.717) is 6.42 Å². The van der Waals surface area contributed by atoms with Gasteiger partial charge >= 0.3 is 0 Å². The van der Waals surface area contributed by atoms with Crippen molar-refractivity contribution in [1.29, 1.82) is 0 Å². The smallest absolute Gasteiger partial charge is 0.139 e. The lowest BCUT2D eigenvalue weighted by Crippen LogP contribution is -2.51. The van der Waals surface area contributed by atoms with Crippen molar-refractivity contribution in [3.05, 3.63) is 29.8 Å². The molecule has 0 amide bonds. The number of rotatable bonds is 2. The molecule has 0 bridgehead atoms. The number of hydrogen-bond donors (Lipinski definition) is 1. The molecule has 1 aromatic carbocycles. The summed E-state index contributed by atoms with van der Waals surface area (Å²) in [5.41, 5.74) is 6.05. The van der Waals surface area contributed by atoms with Crippen LogP contribution >= 0.6 is 0 Å². The fourth-order valence-electron chi connectivity index (χ4n) is 2.64. The predicted octanol–water partition coefficient (Wildman–Crippen LogP) is 2.98. The summed E-state index contributed by atoms with van der Waals surface area (Å²) in [5, 5.41) is -0.319. The Morgan fingerprint density at radius 2 is 2.05 bits per heavy atom. The Kier molecular flexibility index (Phi) is 4.06. The summed E-state index contributed by atoms with van der Waals surface area (Å²) in [6, 6.07) is 2.78. The lowest BCUT2D eigenvalue weighted by molar-refractivity contribution is 0.206. The van der Waals surface area contributed by atoms with Crippen LogP contribution in [0.5, 0.6) is 0 Å². The van der Waals surface area contributed by atoms with Gasteiger partial charge < -0.3 is 5.73 Å². The van der Waals surface area contributed by atoms with E-state index >= 15 is 0 Å². The van der Waals surface area contributed by atoms with E-state index in [1.54, 1.807) is 0 Å². The molecule has 1 saturated carbocycles. The molecular formula is C14H19F2NOS. The minimum atomic E-state index is -1.61. The van der Waals surface area contributed by atoms with Crippen LogP contribution < -0.4 is 5.73 Å². The highest BCUT2D eigenvalue weighted by Gasteiger charge is 2.40. The highest BCUT2D eigenvalue weighted by Crippen LogP contribution is 2.38. The van der Waals surface area contributed by atoms with Crippen molar-refractivity contribution >= 4 is 10.8 Å². The fourth-order valence-corrected chi connectivity index (χ4v) is 4.47. The predicted molar refractivity (Wildman–Crippen MR) is 72.2 cm³/mol. The molecule has 1 aromatic rings. The van der Waals surface area contributed by atoms with Gasteiger partial charge in [-0.05, 0) is 36.5 Å². The largest absolute Gasteiger partial charge is 0.326 e. The van der Waals surface area contributed by atoms with Gasteiger partial charge in [0.1, 0.15) is 11.6 Å². The van der Waals surface area contributed by atoms with E-state index < -0.39 is 22.4 Å².